The van der Waals surface area contributed by atoms with Crippen LogP contribution in [0.2, 0.25) is 0 Å². The molecule has 0 radical (unpaired) electrons. The van der Waals surface area contributed by atoms with E-state index in [9.17, 15) is 14.3 Å². The Bertz CT molecular complexity index is 641. The summed E-state index contributed by atoms with van der Waals surface area (Å²) in [6.45, 7) is 1.78. The largest absolute Gasteiger partial charge is 0.508 e. The molecule has 0 saturated heterocycles. The first-order chi connectivity index (χ1) is 8.97. The van der Waals surface area contributed by atoms with E-state index in [-0.39, 0.29) is 22.7 Å². The second kappa shape index (κ2) is 4.97. The van der Waals surface area contributed by atoms with Crippen molar-refractivity contribution < 1.29 is 19.4 Å². The molecule has 98 valence electrons. The van der Waals surface area contributed by atoms with E-state index in [0.717, 1.165) is 11.6 Å². The van der Waals surface area contributed by atoms with Gasteiger partial charge in [0.25, 0.3) is 5.91 Å². The third kappa shape index (κ3) is 2.82. The van der Waals surface area contributed by atoms with Crippen LogP contribution < -0.4 is 5.32 Å². The molecule has 2 aromatic rings. The first-order valence-corrected chi connectivity index (χ1v) is 5.57. The molecule has 0 heterocycles. The molecule has 3 N–H and O–H groups in total. The highest BCUT2D eigenvalue weighted by Gasteiger charge is 2.13. The second-order valence-electron chi connectivity index (χ2n) is 4.14. The summed E-state index contributed by atoms with van der Waals surface area (Å²) in [5.41, 5.74) is 0.797. The average molecular weight is 261 g/mol. The lowest BCUT2D eigenvalue weighted by Crippen LogP contribution is -2.13. The fraction of sp³-hybridized carbons (Fsp3) is 0.0714. The topological polar surface area (TPSA) is 69.6 Å². The van der Waals surface area contributed by atoms with Crippen molar-refractivity contribution in [2.24, 2.45) is 0 Å². The van der Waals surface area contributed by atoms with Crippen LogP contribution in [0.25, 0.3) is 0 Å². The van der Waals surface area contributed by atoms with Crippen molar-refractivity contribution in [1.82, 2.24) is 0 Å². The number of aryl methyl sites for hydroxylation is 1. The molecule has 4 nitrogen and oxygen atoms in total. The minimum atomic E-state index is -0.750. The van der Waals surface area contributed by atoms with Gasteiger partial charge in [0.1, 0.15) is 17.3 Å². The number of aromatic hydroxyl groups is 2. The monoisotopic (exact) mass is 261 g/mol. The molecule has 0 saturated carbocycles. The van der Waals surface area contributed by atoms with Gasteiger partial charge in [-0.2, -0.15) is 0 Å². The molecule has 2 aromatic carbocycles. The Labute approximate surface area is 109 Å². The van der Waals surface area contributed by atoms with Gasteiger partial charge in [0.05, 0.1) is 11.3 Å². The number of carbonyl (C=O) groups excluding carboxylic acids is 1. The molecule has 0 atom stereocenters. The Morgan fingerprint density at radius 1 is 1.16 bits per heavy atom. The zero-order chi connectivity index (χ0) is 14.0. The van der Waals surface area contributed by atoms with Crippen LogP contribution >= 0.6 is 0 Å². The van der Waals surface area contributed by atoms with Crippen molar-refractivity contribution in [2.75, 3.05) is 5.32 Å². The zero-order valence-corrected chi connectivity index (χ0v) is 10.1. The standard InChI is InChI=1S/C14H12FNO3/c1-8-2-5-13(18)10(6-8)14(19)16-12-4-3-9(17)7-11(12)15/h2-7,17-18H,1H3,(H,16,19). The number of amides is 1. The summed E-state index contributed by atoms with van der Waals surface area (Å²) in [5.74, 6) is -1.78. The molecule has 0 fully saturated rings. The number of anilines is 1. The molecule has 0 spiro atoms. The van der Waals surface area contributed by atoms with Gasteiger partial charge >= 0.3 is 0 Å². The van der Waals surface area contributed by atoms with Crippen molar-refractivity contribution in [2.45, 2.75) is 6.92 Å². The van der Waals surface area contributed by atoms with Gasteiger partial charge in [0.15, 0.2) is 0 Å². The Morgan fingerprint density at radius 2 is 1.89 bits per heavy atom. The van der Waals surface area contributed by atoms with Crippen LogP contribution in [0.4, 0.5) is 10.1 Å². The highest BCUT2D eigenvalue weighted by atomic mass is 19.1. The highest BCUT2D eigenvalue weighted by molar-refractivity contribution is 6.06. The number of carbonyl (C=O) groups is 1. The normalized spacial score (nSPS) is 10.2. The number of nitrogens with one attached hydrogen (secondary N) is 1. The summed E-state index contributed by atoms with van der Waals surface area (Å²) in [5, 5.41) is 21.0. The van der Waals surface area contributed by atoms with Crippen molar-refractivity contribution in [3.8, 4) is 11.5 Å². The van der Waals surface area contributed by atoms with Crippen LogP contribution in [0.5, 0.6) is 11.5 Å². The zero-order valence-electron chi connectivity index (χ0n) is 10.1. The molecule has 2 rings (SSSR count). The molecule has 0 aliphatic heterocycles. The molecule has 0 aliphatic carbocycles. The van der Waals surface area contributed by atoms with Gasteiger partial charge in [-0.05, 0) is 31.2 Å². The van der Waals surface area contributed by atoms with Gasteiger partial charge in [0.2, 0.25) is 0 Å². The van der Waals surface area contributed by atoms with E-state index in [1.807, 2.05) is 0 Å². The smallest absolute Gasteiger partial charge is 0.259 e. The number of benzene rings is 2. The van der Waals surface area contributed by atoms with Crippen LogP contribution in [-0.2, 0) is 0 Å². The molecule has 19 heavy (non-hydrogen) atoms. The van der Waals surface area contributed by atoms with E-state index in [1.165, 1.54) is 24.3 Å². The van der Waals surface area contributed by atoms with Gasteiger partial charge in [-0.1, -0.05) is 11.6 Å². The number of rotatable bonds is 2. The molecule has 5 heteroatoms. The van der Waals surface area contributed by atoms with E-state index in [2.05, 4.69) is 5.32 Å². The number of hydrogen-bond acceptors (Lipinski definition) is 3. The number of hydrogen-bond donors (Lipinski definition) is 3. The minimum absolute atomic E-state index is 0.0625. The molecule has 0 aliphatic rings. The van der Waals surface area contributed by atoms with Crippen molar-refractivity contribution >= 4 is 11.6 Å². The van der Waals surface area contributed by atoms with Crippen LogP contribution in [0.15, 0.2) is 36.4 Å². The number of halogens is 1. The number of phenolic OH excluding ortho intramolecular Hbond substituents is 2. The predicted molar refractivity (Wildman–Crippen MR) is 68.9 cm³/mol. The Balaban J connectivity index is 2.28. The molecular weight excluding hydrogens is 249 g/mol. The Hall–Kier alpha value is -2.56. The average Bonchev–Trinajstić information content (AvgIpc) is 2.35. The lowest BCUT2D eigenvalue weighted by molar-refractivity contribution is 0.102. The fourth-order valence-corrected chi connectivity index (χ4v) is 1.63. The third-order valence-electron chi connectivity index (χ3n) is 2.60. The second-order valence-corrected chi connectivity index (χ2v) is 4.14. The first-order valence-electron chi connectivity index (χ1n) is 5.57. The van der Waals surface area contributed by atoms with E-state index in [0.29, 0.717) is 0 Å². The first kappa shape index (κ1) is 12.9. The van der Waals surface area contributed by atoms with E-state index < -0.39 is 11.7 Å². The lowest BCUT2D eigenvalue weighted by Gasteiger charge is -2.08. The minimum Gasteiger partial charge on any atom is -0.508 e. The third-order valence-corrected chi connectivity index (χ3v) is 2.60. The summed E-state index contributed by atoms with van der Waals surface area (Å²) in [7, 11) is 0. The summed E-state index contributed by atoms with van der Waals surface area (Å²) in [6.07, 6.45) is 0. The maximum absolute atomic E-state index is 13.5. The highest BCUT2D eigenvalue weighted by Crippen LogP contribution is 2.23. The van der Waals surface area contributed by atoms with Gasteiger partial charge in [-0.15, -0.1) is 0 Å². The van der Waals surface area contributed by atoms with E-state index in [4.69, 9.17) is 5.11 Å². The van der Waals surface area contributed by atoms with Crippen molar-refractivity contribution in [1.29, 1.82) is 0 Å². The molecule has 0 bridgehead atoms. The molecular formula is C14H12FNO3. The van der Waals surface area contributed by atoms with E-state index >= 15 is 0 Å². The maximum atomic E-state index is 13.5. The van der Waals surface area contributed by atoms with Crippen LogP contribution in [0, 0.1) is 12.7 Å². The molecule has 0 unspecified atom stereocenters. The van der Waals surface area contributed by atoms with Crippen LogP contribution in [0.3, 0.4) is 0 Å². The number of phenols is 2. The van der Waals surface area contributed by atoms with Gasteiger partial charge in [-0.25, -0.2) is 4.39 Å². The Morgan fingerprint density at radius 3 is 2.58 bits per heavy atom. The Kier molecular flexibility index (Phi) is 3.37. The fourth-order valence-electron chi connectivity index (χ4n) is 1.63. The lowest BCUT2D eigenvalue weighted by atomic mass is 10.1. The summed E-state index contributed by atoms with van der Waals surface area (Å²) in [6, 6.07) is 7.96. The van der Waals surface area contributed by atoms with Gasteiger partial charge in [-0.3, -0.25) is 4.79 Å². The van der Waals surface area contributed by atoms with Crippen molar-refractivity contribution in [3.63, 3.8) is 0 Å². The van der Waals surface area contributed by atoms with Gasteiger partial charge < -0.3 is 15.5 Å². The predicted octanol–water partition coefficient (Wildman–Crippen LogP) is 2.80. The summed E-state index contributed by atoms with van der Waals surface area (Å²) in [4.78, 5) is 11.9. The molecule has 0 aromatic heterocycles. The summed E-state index contributed by atoms with van der Waals surface area (Å²) < 4.78 is 13.5. The SMILES string of the molecule is Cc1ccc(O)c(C(=O)Nc2ccc(O)cc2F)c1. The van der Waals surface area contributed by atoms with E-state index in [1.54, 1.807) is 13.0 Å². The quantitative estimate of drug-likeness (QED) is 0.728. The van der Waals surface area contributed by atoms with Crippen molar-refractivity contribution in [3.05, 3.63) is 53.3 Å². The van der Waals surface area contributed by atoms with Gasteiger partial charge in [0, 0.05) is 6.07 Å². The van der Waals surface area contributed by atoms with Crippen LogP contribution in [0.1, 0.15) is 15.9 Å². The summed E-state index contributed by atoms with van der Waals surface area (Å²) >= 11 is 0. The molecule has 1 amide bonds. The maximum Gasteiger partial charge on any atom is 0.259 e. The van der Waals surface area contributed by atoms with Crippen LogP contribution in [-0.4, -0.2) is 16.1 Å².